The summed E-state index contributed by atoms with van der Waals surface area (Å²) in [6.45, 7) is 0. The molecule has 4 aliphatic rings. The molecule has 0 fully saturated rings. The molecule has 0 aliphatic heterocycles. The Morgan fingerprint density at radius 2 is 0.431 bits per heavy atom. The van der Waals surface area contributed by atoms with Crippen LogP contribution in [0.25, 0.3) is 166 Å². The average molecular weight is 1290 g/mol. The Hall–Kier alpha value is -13.1. The van der Waals surface area contributed by atoms with E-state index in [0.717, 1.165) is 11.4 Å². The molecule has 0 bridgehead atoms. The number of rotatable bonds is 6. The molecule has 0 unspecified atom stereocenters. The van der Waals surface area contributed by atoms with Crippen LogP contribution in [0.2, 0.25) is 0 Å². The van der Waals surface area contributed by atoms with E-state index in [2.05, 4.69) is 373 Å². The van der Waals surface area contributed by atoms with E-state index in [-0.39, 0.29) is 0 Å². The largest absolute Gasteiger partial charge is 0.309 e. The van der Waals surface area contributed by atoms with Gasteiger partial charge in [-0.25, -0.2) is 0 Å². The lowest BCUT2D eigenvalue weighted by atomic mass is 9.70. The van der Waals surface area contributed by atoms with E-state index in [0.29, 0.717) is 0 Å². The van der Waals surface area contributed by atoms with Gasteiger partial charge in [-0.05, 0) is 228 Å². The highest BCUT2D eigenvalue weighted by atomic mass is 15.0. The number of benzene rings is 17. The molecular weight excluding hydrogens is 1230 g/mol. The zero-order valence-electron chi connectivity index (χ0n) is 55.5. The van der Waals surface area contributed by atoms with Crippen molar-refractivity contribution in [2.75, 3.05) is 0 Å². The molecule has 470 valence electrons. The van der Waals surface area contributed by atoms with Crippen molar-refractivity contribution in [2.45, 2.75) is 10.8 Å². The predicted molar refractivity (Wildman–Crippen MR) is 424 cm³/mol. The molecule has 2 aromatic heterocycles. The first-order valence-corrected chi connectivity index (χ1v) is 35.7. The van der Waals surface area contributed by atoms with Gasteiger partial charge in [0.1, 0.15) is 0 Å². The lowest BCUT2D eigenvalue weighted by molar-refractivity contribution is 0.792. The molecule has 19 aromatic rings. The molecule has 0 N–H and O–H groups in total. The minimum Gasteiger partial charge on any atom is -0.309 e. The first-order chi connectivity index (χ1) is 50.6. The summed E-state index contributed by atoms with van der Waals surface area (Å²) in [4.78, 5) is 0. The van der Waals surface area contributed by atoms with Crippen molar-refractivity contribution in [3.05, 3.63) is 408 Å². The third kappa shape index (κ3) is 7.27. The Balaban J connectivity index is 0.674. The van der Waals surface area contributed by atoms with Gasteiger partial charge >= 0.3 is 0 Å². The van der Waals surface area contributed by atoms with Gasteiger partial charge in [-0.15, -0.1) is 0 Å². The minimum atomic E-state index is -0.439. The summed E-state index contributed by atoms with van der Waals surface area (Å²) in [5, 5.41) is 9.80. The Bertz CT molecular complexity index is 6330. The summed E-state index contributed by atoms with van der Waals surface area (Å²) >= 11 is 0. The minimum absolute atomic E-state index is 0.439. The van der Waals surface area contributed by atoms with E-state index in [1.807, 2.05) is 0 Å². The van der Waals surface area contributed by atoms with E-state index in [1.165, 1.54) is 199 Å². The topological polar surface area (TPSA) is 9.86 Å². The molecule has 2 heterocycles. The second-order valence-corrected chi connectivity index (χ2v) is 28.4. The van der Waals surface area contributed by atoms with Crippen molar-refractivity contribution in [1.82, 2.24) is 9.13 Å². The number of para-hydroxylation sites is 2. The number of hydrogen-bond acceptors (Lipinski definition) is 0. The second kappa shape index (κ2) is 20.7. The fourth-order valence-electron chi connectivity index (χ4n) is 19.7. The van der Waals surface area contributed by atoms with Crippen LogP contribution < -0.4 is 0 Å². The lowest BCUT2D eigenvalue weighted by Crippen LogP contribution is -2.26. The molecule has 0 radical (unpaired) electrons. The molecule has 2 heteroatoms. The van der Waals surface area contributed by atoms with Gasteiger partial charge in [-0.2, -0.15) is 0 Å². The van der Waals surface area contributed by atoms with Crippen molar-refractivity contribution >= 4 is 65.2 Å². The van der Waals surface area contributed by atoms with Crippen LogP contribution in [0, 0.1) is 0 Å². The maximum atomic E-state index is 2.51. The van der Waals surface area contributed by atoms with E-state index < -0.39 is 10.8 Å². The van der Waals surface area contributed by atoms with Gasteiger partial charge in [0, 0.05) is 32.9 Å². The summed E-state index contributed by atoms with van der Waals surface area (Å²) in [5.41, 5.74) is 37.0. The van der Waals surface area contributed by atoms with Gasteiger partial charge in [0.2, 0.25) is 0 Å². The third-order valence-electron chi connectivity index (χ3n) is 23.7. The van der Waals surface area contributed by atoms with Crippen molar-refractivity contribution in [3.63, 3.8) is 0 Å². The Morgan fingerprint density at radius 3 is 0.784 bits per heavy atom. The monoisotopic (exact) mass is 1290 g/mol. The molecule has 2 spiro atoms. The molecule has 0 amide bonds. The zero-order valence-corrected chi connectivity index (χ0v) is 55.5. The van der Waals surface area contributed by atoms with Crippen molar-refractivity contribution in [1.29, 1.82) is 0 Å². The van der Waals surface area contributed by atoms with E-state index in [9.17, 15) is 0 Å². The quantitative estimate of drug-likeness (QED) is 0.147. The average Bonchev–Trinajstić information content (AvgIpc) is 1.51. The molecule has 2 nitrogen and oxygen atoms in total. The van der Waals surface area contributed by atoms with Gasteiger partial charge in [-0.1, -0.05) is 291 Å². The predicted octanol–water partition coefficient (Wildman–Crippen LogP) is 25.5. The molecule has 17 aromatic carbocycles. The molecule has 0 saturated carbocycles. The summed E-state index contributed by atoms with van der Waals surface area (Å²) in [6.07, 6.45) is 0. The normalized spacial score (nSPS) is 13.6. The van der Waals surface area contributed by atoms with Gasteiger partial charge < -0.3 is 9.13 Å². The van der Waals surface area contributed by atoms with Gasteiger partial charge in [0.05, 0.1) is 32.9 Å². The number of fused-ring (bicyclic) bond motifs is 28. The Labute approximate surface area is 590 Å². The highest BCUT2D eigenvalue weighted by Gasteiger charge is 2.53. The molecule has 0 atom stereocenters. The van der Waals surface area contributed by atoms with Gasteiger partial charge in [0.25, 0.3) is 0 Å². The standard InChI is InChI=1S/C100H60N2/c1-3-23-61(24-4-1)97-79-49-43-64(66-46-54-96-82(56-66)78-34-14-22-42-94(78)102(96)68-48-52-76-74-32-12-20-40-90(74)100(92(76)60-68)87-37-17-9-29-71(87)72-30-10-18-38-88(72)100)58-84(79)98(62-25-5-2-6-26-62)80-50-44-63(57-83(80)97)65-45-53-95-81(55-65)77-33-13-21-41-93(77)101(95)67-47-51-75-73-31-11-19-39-89(73)99(91(75)59-67)85-35-15-7-27-69(85)70-28-8-16-36-86(70)99/h1-60H. The summed E-state index contributed by atoms with van der Waals surface area (Å²) in [6, 6.07) is 138. The van der Waals surface area contributed by atoms with Crippen molar-refractivity contribution < 1.29 is 0 Å². The van der Waals surface area contributed by atoms with E-state index >= 15 is 0 Å². The van der Waals surface area contributed by atoms with Gasteiger partial charge in [-0.3, -0.25) is 0 Å². The Morgan fingerprint density at radius 1 is 0.157 bits per heavy atom. The smallest absolute Gasteiger partial charge is 0.0726 e. The Kier molecular flexibility index (Phi) is 11.3. The van der Waals surface area contributed by atoms with Crippen molar-refractivity contribution in [3.8, 4) is 100 Å². The molecule has 4 aliphatic carbocycles. The van der Waals surface area contributed by atoms with E-state index in [1.54, 1.807) is 0 Å². The summed E-state index contributed by atoms with van der Waals surface area (Å²) < 4.78 is 5.01. The van der Waals surface area contributed by atoms with Crippen LogP contribution in [0.1, 0.15) is 44.5 Å². The van der Waals surface area contributed by atoms with Crippen molar-refractivity contribution in [2.24, 2.45) is 0 Å². The van der Waals surface area contributed by atoms with Gasteiger partial charge in [0.15, 0.2) is 0 Å². The highest BCUT2D eigenvalue weighted by molar-refractivity contribution is 6.23. The first-order valence-electron chi connectivity index (χ1n) is 35.7. The maximum Gasteiger partial charge on any atom is 0.0726 e. The highest BCUT2D eigenvalue weighted by Crippen LogP contribution is 2.65. The fourth-order valence-corrected chi connectivity index (χ4v) is 19.7. The van der Waals surface area contributed by atoms with Crippen LogP contribution in [0.4, 0.5) is 0 Å². The van der Waals surface area contributed by atoms with Crippen LogP contribution in [-0.4, -0.2) is 9.13 Å². The third-order valence-corrected chi connectivity index (χ3v) is 23.7. The van der Waals surface area contributed by atoms with Crippen LogP contribution in [-0.2, 0) is 10.8 Å². The van der Waals surface area contributed by atoms with E-state index in [4.69, 9.17) is 0 Å². The molecule has 102 heavy (non-hydrogen) atoms. The molecule has 0 saturated heterocycles. The number of aromatic nitrogens is 2. The first kappa shape index (κ1) is 55.8. The molecule has 23 rings (SSSR count). The molecular formula is C100H60N2. The second-order valence-electron chi connectivity index (χ2n) is 28.4. The SMILES string of the molecule is c1ccc(-c2c3ccc(-c4ccc5c(c4)c4ccccc4n5-c4ccc5c(c4)C4(c6ccccc6-c6ccccc64)c4ccccc4-5)cc3c(-c3ccccc3)c3ccc(-c4ccc5c(c4)c4ccccc4n5-c4ccc5c(c4)C4(c6ccccc6-c6ccccc64)c4ccccc4-5)cc23)cc1. The fraction of sp³-hybridized carbons (Fsp3) is 0.0200. The van der Waals surface area contributed by atoms with Crippen LogP contribution in [0.15, 0.2) is 364 Å². The van der Waals surface area contributed by atoms with Crippen LogP contribution in [0.3, 0.4) is 0 Å². The summed E-state index contributed by atoms with van der Waals surface area (Å²) in [5.74, 6) is 0. The maximum absolute atomic E-state index is 2.51. The lowest BCUT2D eigenvalue weighted by Gasteiger charge is -2.30. The number of nitrogens with zero attached hydrogens (tertiary/aromatic N) is 2. The zero-order chi connectivity index (χ0) is 66.5. The number of hydrogen-bond donors (Lipinski definition) is 0. The van der Waals surface area contributed by atoms with Crippen LogP contribution in [0.5, 0.6) is 0 Å². The van der Waals surface area contributed by atoms with Crippen LogP contribution >= 0.6 is 0 Å². The summed E-state index contributed by atoms with van der Waals surface area (Å²) in [7, 11) is 0.